The number of aliphatic hydroxyl groups is 1. The minimum atomic E-state index is -2.10. The first-order valence-corrected chi connectivity index (χ1v) is 26.4. The average Bonchev–Trinajstić information content (AvgIpc) is 4.02. The number of amides is 3. The molecule has 3 amide bonds. The van der Waals surface area contributed by atoms with Crippen LogP contribution in [0.3, 0.4) is 0 Å². The number of aromatic nitrogens is 2. The van der Waals surface area contributed by atoms with Gasteiger partial charge in [0.15, 0.2) is 0 Å². The van der Waals surface area contributed by atoms with Crippen LogP contribution < -0.4 is 14.5 Å². The molecule has 4 aliphatic rings. The number of aliphatic hydroxyl groups excluding tert-OH is 1. The predicted octanol–water partition coefficient (Wildman–Crippen LogP) is 7.59. The molecule has 0 radical (unpaired) electrons. The number of benzene rings is 6. The van der Waals surface area contributed by atoms with Crippen molar-refractivity contribution in [2.75, 3.05) is 62.8 Å². The van der Waals surface area contributed by atoms with Gasteiger partial charge in [-0.05, 0) is 89.0 Å². The lowest BCUT2D eigenvalue weighted by molar-refractivity contribution is -0.384. The standard InChI is InChI=1S/C62H56N8O10/c1-65(40-43-13-5-2-6-14-43)32-11-15-42-22-29-51-50(39-42)62(59(74)68(51)61(75)79-41-44-20-25-48(26-21-44)70(76)77)52(57(72)66-33-35-67(36-34-66)60-63-30-12-31-64-60)54-58(73)80-55(46-18-9-4-10-19-46)53(45-16-7-3-8-17-45)69(54)56(62)47-23-27-49(28-24-47)78-38-37-71/h2-10,12-14,16-31,39,52-56,71H,32-38,40-41H2,1H3/t52-,53-,54-,55+,56+,62-/m1/s1. The number of carbonyl (C=O) groups is 4. The molecule has 1 N–H and O–H groups in total. The number of anilines is 2. The van der Waals surface area contributed by atoms with E-state index in [1.54, 1.807) is 65.8 Å². The average molecular weight is 1070 g/mol. The summed E-state index contributed by atoms with van der Waals surface area (Å²) < 4.78 is 18.5. The number of imide groups is 1. The second kappa shape index (κ2) is 23.0. The number of cyclic esters (lactones) is 1. The van der Waals surface area contributed by atoms with E-state index >= 15 is 19.2 Å². The molecule has 1 spiro atoms. The third-order valence-electron chi connectivity index (χ3n) is 15.3. The Balaban J connectivity index is 1.12. The van der Waals surface area contributed by atoms with E-state index in [1.165, 1.54) is 24.3 Å². The molecule has 3 fully saturated rings. The van der Waals surface area contributed by atoms with Crippen molar-refractivity contribution < 1.29 is 43.4 Å². The monoisotopic (exact) mass is 1070 g/mol. The third-order valence-corrected chi connectivity index (χ3v) is 15.3. The lowest BCUT2D eigenvalue weighted by atomic mass is 9.65. The van der Waals surface area contributed by atoms with Gasteiger partial charge in [0.25, 0.3) is 5.69 Å². The van der Waals surface area contributed by atoms with E-state index in [1.807, 2.05) is 108 Å². The molecule has 404 valence electrons. The van der Waals surface area contributed by atoms with Gasteiger partial charge in [0.05, 0.1) is 41.8 Å². The van der Waals surface area contributed by atoms with E-state index in [2.05, 4.69) is 26.7 Å². The number of nitro benzene ring substituents is 1. The summed E-state index contributed by atoms with van der Waals surface area (Å²) in [5.74, 6) is 3.91. The Hall–Kier alpha value is -9.28. The highest BCUT2D eigenvalue weighted by atomic mass is 16.6. The summed E-state index contributed by atoms with van der Waals surface area (Å²) >= 11 is 0. The van der Waals surface area contributed by atoms with Gasteiger partial charge in [-0.25, -0.2) is 19.7 Å². The predicted molar refractivity (Wildman–Crippen MR) is 295 cm³/mol. The summed E-state index contributed by atoms with van der Waals surface area (Å²) in [7, 11) is 1.96. The fourth-order valence-corrected chi connectivity index (χ4v) is 11.8. The van der Waals surface area contributed by atoms with Crippen molar-refractivity contribution in [2.24, 2.45) is 5.92 Å². The Kier molecular flexibility index (Phi) is 15.1. The number of carbonyl (C=O) groups excluding carboxylic acids is 4. The van der Waals surface area contributed by atoms with E-state index < -0.39 is 64.4 Å². The molecular weight excluding hydrogens is 1020 g/mol. The first kappa shape index (κ1) is 52.8. The van der Waals surface area contributed by atoms with Crippen molar-refractivity contribution in [1.29, 1.82) is 0 Å². The molecule has 1 aromatic heterocycles. The Morgan fingerprint density at radius 1 is 0.787 bits per heavy atom. The lowest BCUT2D eigenvalue weighted by Gasteiger charge is -2.46. The number of ether oxygens (including phenoxy) is 3. The van der Waals surface area contributed by atoms with Crippen LogP contribution in [0.1, 0.15) is 57.1 Å². The van der Waals surface area contributed by atoms with Crippen molar-refractivity contribution >= 4 is 41.2 Å². The van der Waals surface area contributed by atoms with Gasteiger partial charge in [-0.3, -0.25) is 34.3 Å². The third kappa shape index (κ3) is 10.1. The number of hydrogen-bond donors (Lipinski definition) is 1. The molecule has 0 unspecified atom stereocenters. The van der Waals surface area contributed by atoms with Crippen molar-refractivity contribution in [1.82, 2.24) is 24.7 Å². The van der Waals surface area contributed by atoms with Crippen LogP contribution in [-0.2, 0) is 42.4 Å². The fourth-order valence-electron chi connectivity index (χ4n) is 11.8. The maximum atomic E-state index is 16.9. The van der Waals surface area contributed by atoms with Crippen LogP contribution in [0, 0.1) is 27.9 Å². The van der Waals surface area contributed by atoms with Crippen LogP contribution in [-0.4, -0.2) is 118 Å². The molecule has 11 rings (SSSR count). The zero-order valence-corrected chi connectivity index (χ0v) is 43.7. The van der Waals surface area contributed by atoms with Gasteiger partial charge in [0.2, 0.25) is 17.8 Å². The normalized spacial score (nSPS) is 21.3. The molecule has 18 heteroatoms. The van der Waals surface area contributed by atoms with Crippen LogP contribution in [0.2, 0.25) is 0 Å². The molecular formula is C62H56N8O10. The van der Waals surface area contributed by atoms with Crippen molar-refractivity contribution in [3.8, 4) is 17.6 Å². The Labute approximate surface area is 461 Å². The van der Waals surface area contributed by atoms with Gasteiger partial charge >= 0.3 is 12.1 Å². The Morgan fingerprint density at radius 2 is 1.45 bits per heavy atom. The first-order valence-electron chi connectivity index (χ1n) is 26.4. The summed E-state index contributed by atoms with van der Waals surface area (Å²) in [6, 6.07) is 44.7. The fraction of sp³-hybridized carbons (Fsp3) is 0.258. The van der Waals surface area contributed by atoms with E-state index in [4.69, 9.17) is 14.2 Å². The zero-order valence-electron chi connectivity index (χ0n) is 43.7. The van der Waals surface area contributed by atoms with Crippen molar-refractivity contribution in [3.63, 3.8) is 0 Å². The molecule has 3 saturated heterocycles. The number of piperazine rings is 1. The highest BCUT2D eigenvalue weighted by Gasteiger charge is 2.76. The smallest absolute Gasteiger partial charge is 0.421 e. The number of rotatable bonds is 14. The number of hydrogen-bond acceptors (Lipinski definition) is 15. The number of nitro groups is 1. The topological polar surface area (TPSA) is 201 Å². The Morgan fingerprint density at radius 3 is 2.11 bits per heavy atom. The second-order valence-electron chi connectivity index (χ2n) is 20.1. The molecule has 6 atom stereocenters. The second-order valence-corrected chi connectivity index (χ2v) is 20.1. The lowest BCUT2D eigenvalue weighted by Crippen LogP contribution is -2.59. The van der Waals surface area contributed by atoms with Crippen LogP contribution in [0.15, 0.2) is 176 Å². The van der Waals surface area contributed by atoms with Gasteiger partial charge < -0.3 is 29.1 Å². The largest absolute Gasteiger partial charge is 0.491 e. The molecule has 0 aliphatic carbocycles. The van der Waals surface area contributed by atoms with E-state index in [0.29, 0.717) is 60.1 Å². The van der Waals surface area contributed by atoms with E-state index in [-0.39, 0.29) is 49.8 Å². The number of nitrogens with zero attached hydrogens (tertiary/aromatic N) is 8. The van der Waals surface area contributed by atoms with E-state index in [9.17, 15) is 15.2 Å². The summed E-state index contributed by atoms with van der Waals surface area (Å²) in [5, 5.41) is 21.3. The molecule has 7 aromatic rings. The molecule has 6 aromatic carbocycles. The highest BCUT2D eigenvalue weighted by molar-refractivity contribution is 6.23. The SMILES string of the molecule is CN(CC#Cc1ccc2c(c1)[C@]1(C(=O)N2C(=O)OCc2ccc([N+](=O)[O-])cc2)[C@H](c2ccc(OCCO)cc2)N2[C@H](c3ccccc3)[C@H](c3ccccc3)OC(=O)[C@H]2[C@@H]1C(=O)N1CCN(c2ncccn2)CC1)Cc1ccccc1. The summed E-state index contributed by atoms with van der Waals surface area (Å²) in [6.07, 6.45) is 1.27. The van der Waals surface area contributed by atoms with Crippen LogP contribution in [0.25, 0.3) is 0 Å². The summed E-state index contributed by atoms with van der Waals surface area (Å²) in [5.41, 5.74) is 2.06. The number of fused-ring (bicyclic) bond motifs is 3. The minimum absolute atomic E-state index is 0.0104. The van der Waals surface area contributed by atoms with Crippen LogP contribution >= 0.6 is 0 Å². The molecule has 5 heterocycles. The quantitative estimate of drug-likeness (QED) is 0.0483. The molecule has 18 nitrogen and oxygen atoms in total. The van der Waals surface area contributed by atoms with Gasteiger partial charge in [0.1, 0.15) is 36.5 Å². The van der Waals surface area contributed by atoms with Crippen molar-refractivity contribution in [2.45, 2.75) is 42.8 Å². The maximum absolute atomic E-state index is 16.9. The zero-order chi connectivity index (χ0) is 55.3. The highest BCUT2D eigenvalue weighted by Crippen LogP contribution is 2.66. The number of non-ortho nitro benzene ring substituents is 1. The number of esters is 1. The van der Waals surface area contributed by atoms with Gasteiger partial charge in [-0.2, -0.15) is 0 Å². The van der Waals surface area contributed by atoms with Crippen LogP contribution in [0.4, 0.5) is 22.1 Å². The van der Waals surface area contributed by atoms with E-state index in [0.717, 1.165) is 16.0 Å². The van der Waals surface area contributed by atoms with Crippen molar-refractivity contribution in [3.05, 3.63) is 225 Å². The molecule has 4 aliphatic heterocycles. The maximum Gasteiger partial charge on any atom is 0.421 e. The van der Waals surface area contributed by atoms with Gasteiger partial charge in [0, 0.05) is 62.8 Å². The van der Waals surface area contributed by atoms with Gasteiger partial charge in [-0.1, -0.05) is 115 Å². The number of morpholine rings is 1. The molecule has 80 heavy (non-hydrogen) atoms. The molecule has 0 saturated carbocycles. The minimum Gasteiger partial charge on any atom is -0.491 e. The van der Waals surface area contributed by atoms with Crippen LogP contribution in [0.5, 0.6) is 5.75 Å². The molecule has 0 bridgehead atoms. The Bertz CT molecular complexity index is 3450. The summed E-state index contributed by atoms with van der Waals surface area (Å²) in [4.78, 5) is 92.8. The summed E-state index contributed by atoms with van der Waals surface area (Å²) in [6.45, 7) is 1.42. The van der Waals surface area contributed by atoms with Gasteiger partial charge in [-0.15, -0.1) is 0 Å². The first-order chi connectivity index (χ1) is 39.0.